The fourth-order valence-electron chi connectivity index (χ4n) is 2.76. The van der Waals surface area contributed by atoms with Gasteiger partial charge < -0.3 is 10.5 Å². The van der Waals surface area contributed by atoms with Crippen molar-refractivity contribution in [1.82, 2.24) is 4.90 Å². The van der Waals surface area contributed by atoms with Gasteiger partial charge in [0.2, 0.25) is 0 Å². The second-order valence-electron chi connectivity index (χ2n) is 5.11. The van der Waals surface area contributed by atoms with E-state index in [4.69, 9.17) is 10.5 Å². The molecule has 1 saturated heterocycles. The van der Waals surface area contributed by atoms with Gasteiger partial charge in [0.1, 0.15) is 0 Å². The minimum absolute atomic E-state index is 0.284. The smallest absolute Gasteiger partial charge is 0.0695 e. The topological polar surface area (TPSA) is 38.5 Å². The molecule has 0 radical (unpaired) electrons. The highest BCUT2D eigenvalue weighted by atomic mass is 16.5. The van der Waals surface area contributed by atoms with Crippen LogP contribution in [0.5, 0.6) is 0 Å². The monoisotopic (exact) mass is 228 g/mol. The average molecular weight is 228 g/mol. The SMILES string of the molecule is CCC1CCN(C(C)C(C)OC)C(CN)C1. The number of nitrogens with zero attached hydrogens (tertiary/aromatic N) is 1. The Morgan fingerprint density at radius 3 is 2.62 bits per heavy atom. The number of likely N-dealkylation sites (tertiary alicyclic amines) is 1. The molecule has 16 heavy (non-hydrogen) atoms. The minimum atomic E-state index is 0.284. The number of methoxy groups -OCH3 is 1. The van der Waals surface area contributed by atoms with E-state index in [2.05, 4.69) is 25.7 Å². The first-order valence-electron chi connectivity index (χ1n) is 6.62. The lowest BCUT2D eigenvalue weighted by molar-refractivity contribution is -0.00709. The van der Waals surface area contributed by atoms with E-state index in [-0.39, 0.29) is 6.10 Å². The third kappa shape index (κ3) is 3.19. The largest absolute Gasteiger partial charge is 0.380 e. The van der Waals surface area contributed by atoms with Gasteiger partial charge >= 0.3 is 0 Å². The Bertz CT molecular complexity index is 198. The predicted octanol–water partition coefficient (Wildman–Crippen LogP) is 1.86. The fourth-order valence-corrected chi connectivity index (χ4v) is 2.76. The number of ether oxygens (including phenoxy) is 1. The van der Waals surface area contributed by atoms with Crippen molar-refractivity contribution in [3.8, 4) is 0 Å². The van der Waals surface area contributed by atoms with Gasteiger partial charge in [-0.15, -0.1) is 0 Å². The molecular formula is C13H28N2O. The summed E-state index contributed by atoms with van der Waals surface area (Å²) in [7, 11) is 1.79. The number of piperidine rings is 1. The van der Waals surface area contributed by atoms with Crippen molar-refractivity contribution in [3.63, 3.8) is 0 Å². The molecule has 0 spiro atoms. The Balaban J connectivity index is 2.58. The minimum Gasteiger partial charge on any atom is -0.380 e. The van der Waals surface area contributed by atoms with Crippen molar-refractivity contribution in [2.24, 2.45) is 11.7 Å². The Labute approximate surface area is 100 Å². The van der Waals surface area contributed by atoms with Crippen LogP contribution in [0, 0.1) is 5.92 Å². The fraction of sp³-hybridized carbons (Fsp3) is 1.00. The molecule has 0 aromatic carbocycles. The van der Waals surface area contributed by atoms with Crippen molar-refractivity contribution in [1.29, 1.82) is 0 Å². The number of hydrogen-bond acceptors (Lipinski definition) is 3. The molecule has 1 aliphatic rings. The van der Waals surface area contributed by atoms with E-state index in [1.165, 1.54) is 25.8 Å². The molecule has 0 aromatic rings. The Kier molecular flexibility index (Phi) is 5.73. The van der Waals surface area contributed by atoms with Gasteiger partial charge in [0.15, 0.2) is 0 Å². The summed E-state index contributed by atoms with van der Waals surface area (Å²) in [6, 6.07) is 1.02. The molecule has 1 fully saturated rings. The summed E-state index contributed by atoms with van der Waals surface area (Å²) in [5, 5.41) is 0. The van der Waals surface area contributed by atoms with E-state index in [1.54, 1.807) is 7.11 Å². The van der Waals surface area contributed by atoms with E-state index < -0.39 is 0 Å². The first-order chi connectivity index (χ1) is 7.63. The second-order valence-corrected chi connectivity index (χ2v) is 5.11. The molecule has 1 rings (SSSR count). The van der Waals surface area contributed by atoms with Crippen LogP contribution in [0.2, 0.25) is 0 Å². The number of nitrogens with two attached hydrogens (primary N) is 1. The number of hydrogen-bond donors (Lipinski definition) is 1. The quantitative estimate of drug-likeness (QED) is 0.780. The maximum atomic E-state index is 5.91. The van der Waals surface area contributed by atoms with E-state index in [9.17, 15) is 0 Å². The van der Waals surface area contributed by atoms with Crippen molar-refractivity contribution in [2.75, 3.05) is 20.2 Å². The van der Waals surface area contributed by atoms with Crippen molar-refractivity contribution in [3.05, 3.63) is 0 Å². The molecule has 1 aliphatic heterocycles. The molecule has 3 heteroatoms. The molecule has 0 amide bonds. The number of rotatable bonds is 5. The lowest BCUT2D eigenvalue weighted by atomic mass is 9.87. The lowest BCUT2D eigenvalue weighted by Gasteiger charge is -2.43. The summed E-state index contributed by atoms with van der Waals surface area (Å²) in [6.07, 6.45) is 4.15. The Morgan fingerprint density at radius 2 is 2.12 bits per heavy atom. The molecule has 0 aliphatic carbocycles. The summed E-state index contributed by atoms with van der Waals surface area (Å²) in [5.74, 6) is 0.870. The molecule has 3 nitrogen and oxygen atoms in total. The molecule has 4 unspecified atom stereocenters. The molecular weight excluding hydrogens is 200 g/mol. The Hall–Kier alpha value is -0.120. The standard InChI is InChI=1S/C13H28N2O/c1-5-12-6-7-15(13(8-12)9-14)10(2)11(3)16-4/h10-13H,5-9,14H2,1-4H3. The van der Waals surface area contributed by atoms with Crippen LogP contribution in [-0.2, 0) is 4.74 Å². The van der Waals surface area contributed by atoms with Crippen LogP contribution in [0.15, 0.2) is 0 Å². The van der Waals surface area contributed by atoms with Gasteiger partial charge in [-0.1, -0.05) is 13.3 Å². The second kappa shape index (κ2) is 6.58. The predicted molar refractivity (Wildman–Crippen MR) is 68.5 cm³/mol. The normalized spacial score (nSPS) is 31.3. The highest BCUT2D eigenvalue weighted by Gasteiger charge is 2.31. The molecule has 4 atom stereocenters. The average Bonchev–Trinajstić information content (AvgIpc) is 2.35. The zero-order valence-corrected chi connectivity index (χ0v) is 11.3. The maximum absolute atomic E-state index is 5.91. The zero-order chi connectivity index (χ0) is 12.1. The first-order valence-corrected chi connectivity index (χ1v) is 6.62. The zero-order valence-electron chi connectivity index (χ0n) is 11.3. The molecule has 2 N–H and O–H groups in total. The molecule has 0 aromatic heterocycles. The van der Waals surface area contributed by atoms with Crippen LogP contribution in [0.1, 0.15) is 40.0 Å². The van der Waals surface area contributed by atoms with Crippen LogP contribution in [0.4, 0.5) is 0 Å². The lowest BCUT2D eigenvalue weighted by Crippen LogP contribution is -2.53. The maximum Gasteiger partial charge on any atom is 0.0695 e. The van der Waals surface area contributed by atoms with Gasteiger partial charge in [-0.3, -0.25) is 4.90 Å². The highest BCUT2D eigenvalue weighted by Crippen LogP contribution is 2.27. The van der Waals surface area contributed by atoms with Crippen LogP contribution in [0.3, 0.4) is 0 Å². The summed E-state index contributed by atoms with van der Waals surface area (Å²) in [6.45, 7) is 8.63. The molecule has 0 saturated carbocycles. The summed E-state index contributed by atoms with van der Waals surface area (Å²) < 4.78 is 5.43. The molecule has 0 bridgehead atoms. The van der Waals surface area contributed by atoms with E-state index >= 15 is 0 Å². The van der Waals surface area contributed by atoms with Crippen LogP contribution in [-0.4, -0.2) is 43.3 Å². The van der Waals surface area contributed by atoms with Crippen molar-refractivity contribution in [2.45, 2.75) is 58.2 Å². The summed E-state index contributed by atoms with van der Waals surface area (Å²) >= 11 is 0. The van der Waals surface area contributed by atoms with Gasteiger partial charge in [-0.2, -0.15) is 0 Å². The van der Waals surface area contributed by atoms with E-state index in [0.29, 0.717) is 12.1 Å². The van der Waals surface area contributed by atoms with Crippen molar-refractivity contribution >= 4 is 0 Å². The molecule has 1 heterocycles. The van der Waals surface area contributed by atoms with Gasteiger partial charge in [0.25, 0.3) is 0 Å². The first kappa shape index (κ1) is 13.9. The van der Waals surface area contributed by atoms with Gasteiger partial charge in [-0.05, 0) is 39.2 Å². The summed E-state index contributed by atoms with van der Waals surface area (Å²) in [4.78, 5) is 2.54. The van der Waals surface area contributed by atoms with Gasteiger partial charge in [0.05, 0.1) is 6.10 Å². The van der Waals surface area contributed by atoms with E-state index in [1.807, 2.05) is 0 Å². The Morgan fingerprint density at radius 1 is 1.44 bits per heavy atom. The third-order valence-electron chi connectivity index (χ3n) is 4.29. The van der Waals surface area contributed by atoms with Crippen LogP contribution < -0.4 is 5.73 Å². The van der Waals surface area contributed by atoms with Gasteiger partial charge in [-0.25, -0.2) is 0 Å². The van der Waals surface area contributed by atoms with Gasteiger partial charge in [0, 0.05) is 25.7 Å². The summed E-state index contributed by atoms with van der Waals surface area (Å²) in [5.41, 5.74) is 5.91. The van der Waals surface area contributed by atoms with Crippen molar-refractivity contribution < 1.29 is 4.74 Å². The van der Waals surface area contributed by atoms with E-state index in [0.717, 1.165) is 12.5 Å². The van der Waals surface area contributed by atoms with Crippen LogP contribution >= 0.6 is 0 Å². The third-order valence-corrected chi connectivity index (χ3v) is 4.29. The highest BCUT2D eigenvalue weighted by molar-refractivity contribution is 4.87. The molecule has 96 valence electrons. The van der Waals surface area contributed by atoms with Crippen LogP contribution in [0.25, 0.3) is 0 Å².